The van der Waals surface area contributed by atoms with Crippen molar-refractivity contribution >= 4 is 62.6 Å². The largest absolute Gasteiger partial charge is 0.487 e. The molecule has 6 heterocycles. The molecular formula is C45H56F2N12O6. The SMILES string of the molecule is CC1COc2c(N3CCN(C(=N)CC(=N)CCCCCCCN=C(N)N=C(N)N4CCN(c5c(F)cc6c(=O)c(C(=O)O)cn7c6c5OCC7C)CC4)CC3)c(F)cc3c(=O)ccn1c23. The minimum absolute atomic E-state index is 0.0131. The second-order valence-electron chi connectivity index (χ2n) is 17.3. The first-order chi connectivity index (χ1) is 31.2. The van der Waals surface area contributed by atoms with E-state index in [4.69, 9.17) is 31.8 Å². The van der Waals surface area contributed by atoms with E-state index in [1.807, 2.05) is 38.0 Å². The molecule has 2 aromatic heterocycles. The number of halogens is 2. The van der Waals surface area contributed by atoms with Crippen LogP contribution in [0.3, 0.4) is 0 Å². The highest BCUT2D eigenvalue weighted by Gasteiger charge is 2.33. The molecule has 4 aliphatic rings. The van der Waals surface area contributed by atoms with Crippen molar-refractivity contribution in [3.63, 3.8) is 0 Å². The molecule has 2 aromatic carbocycles. The molecule has 4 aromatic rings. The summed E-state index contributed by atoms with van der Waals surface area (Å²) < 4.78 is 46.9. The number of carboxylic acid groups (broad SMARTS) is 1. The molecule has 0 spiro atoms. The molecule has 2 unspecified atom stereocenters. The minimum Gasteiger partial charge on any atom is -0.487 e. The van der Waals surface area contributed by atoms with Crippen molar-refractivity contribution in [1.82, 2.24) is 18.9 Å². The molecule has 346 valence electrons. The number of aromatic nitrogens is 2. The fraction of sp³-hybridized carbons (Fsp3) is 0.489. The number of nitrogens with one attached hydrogen (secondary N) is 2. The van der Waals surface area contributed by atoms with Crippen LogP contribution in [-0.2, 0) is 0 Å². The maximum atomic E-state index is 15.7. The summed E-state index contributed by atoms with van der Waals surface area (Å²) in [6, 6.07) is 3.63. The Bertz CT molecular complexity index is 2720. The third-order valence-electron chi connectivity index (χ3n) is 12.8. The first-order valence-electron chi connectivity index (χ1n) is 22.3. The number of amidine groups is 1. The summed E-state index contributed by atoms with van der Waals surface area (Å²) in [5.41, 5.74) is 13.0. The smallest absolute Gasteiger partial charge is 0.341 e. The Hall–Kier alpha value is -6.73. The topological polar surface area (TPSA) is 237 Å². The van der Waals surface area contributed by atoms with Crippen LogP contribution in [0, 0.1) is 22.5 Å². The number of guanidine groups is 2. The van der Waals surface area contributed by atoms with Gasteiger partial charge in [-0.25, -0.2) is 13.6 Å². The van der Waals surface area contributed by atoms with E-state index >= 15 is 8.78 Å². The van der Waals surface area contributed by atoms with Crippen LogP contribution < -0.4 is 41.6 Å². The van der Waals surface area contributed by atoms with Gasteiger partial charge in [-0.2, -0.15) is 4.99 Å². The Morgan fingerprint density at radius 2 is 1.35 bits per heavy atom. The van der Waals surface area contributed by atoms with Crippen molar-refractivity contribution in [3.05, 3.63) is 68.2 Å². The molecule has 2 atom stereocenters. The normalized spacial score (nSPS) is 18.8. The fourth-order valence-electron chi connectivity index (χ4n) is 9.26. The van der Waals surface area contributed by atoms with Gasteiger partial charge in [-0.05, 0) is 45.2 Å². The Labute approximate surface area is 373 Å². The van der Waals surface area contributed by atoms with Crippen molar-refractivity contribution in [1.29, 1.82) is 10.8 Å². The molecule has 7 N–H and O–H groups in total. The standard InChI is InChI=1S/C45H56F2N12O6/c1-26-24-64-41-36-29(34(60)9-11-58(26)36)21-32(46)38(41)55-14-12-54(13-15-55)35(49)20-28(48)8-6-4-3-5-7-10-52-44(50)53-45(51)57-18-16-56(17-19-57)39-33(47)22-30-37-42(39)65-25-27(2)59(37)23-31(40(30)61)43(62)63/h9,11,21-23,26-27,48-49H,3-8,10,12-20,24-25H2,1-2H3,(H,62,63)(H4,50,51,52,53). The number of pyridine rings is 2. The number of carboxylic acids is 1. The van der Waals surface area contributed by atoms with Gasteiger partial charge in [0.1, 0.15) is 36.0 Å². The van der Waals surface area contributed by atoms with Crippen molar-refractivity contribution in [2.75, 3.05) is 81.9 Å². The fourth-order valence-corrected chi connectivity index (χ4v) is 9.26. The number of piperazine rings is 2. The van der Waals surface area contributed by atoms with Crippen LogP contribution >= 0.6 is 0 Å². The highest BCUT2D eigenvalue weighted by Crippen LogP contribution is 2.43. The summed E-state index contributed by atoms with van der Waals surface area (Å²) in [7, 11) is 0. The summed E-state index contributed by atoms with van der Waals surface area (Å²) in [6.07, 6.45) is 8.44. The number of nitrogens with zero attached hydrogens (tertiary/aromatic N) is 8. The van der Waals surface area contributed by atoms with E-state index in [2.05, 4.69) is 9.98 Å². The molecule has 18 nitrogen and oxygen atoms in total. The number of carbonyl (C=O) groups is 1. The summed E-state index contributed by atoms with van der Waals surface area (Å²) in [5.74, 6) is -1.26. The third-order valence-corrected chi connectivity index (χ3v) is 12.8. The molecule has 65 heavy (non-hydrogen) atoms. The number of benzene rings is 2. The zero-order valence-electron chi connectivity index (χ0n) is 36.7. The molecule has 4 aliphatic heterocycles. The zero-order valence-corrected chi connectivity index (χ0v) is 36.7. The Balaban J connectivity index is 0.733. The van der Waals surface area contributed by atoms with Gasteiger partial charge in [0.25, 0.3) is 0 Å². The monoisotopic (exact) mass is 898 g/mol. The van der Waals surface area contributed by atoms with Gasteiger partial charge in [-0.3, -0.25) is 20.0 Å². The molecule has 20 heteroatoms. The number of hydrogen-bond acceptors (Lipinski definition) is 10. The van der Waals surface area contributed by atoms with Gasteiger partial charge < -0.3 is 60.2 Å². The summed E-state index contributed by atoms with van der Waals surface area (Å²) in [4.78, 5) is 53.5. The Morgan fingerprint density at radius 1 is 0.800 bits per heavy atom. The van der Waals surface area contributed by atoms with Gasteiger partial charge >= 0.3 is 5.97 Å². The second kappa shape index (κ2) is 18.8. The summed E-state index contributed by atoms with van der Waals surface area (Å²) >= 11 is 0. The van der Waals surface area contributed by atoms with Crippen LogP contribution in [-0.4, -0.2) is 126 Å². The number of rotatable bonds is 13. The van der Waals surface area contributed by atoms with Gasteiger partial charge in [0.15, 0.2) is 34.5 Å². The van der Waals surface area contributed by atoms with E-state index < -0.39 is 28.6 Å². The van der Waals surface area contributed by atoms with E-state index in [9.17, 15) is 19.5 Å². The van der Waals surface area contributed by atoms with Crippen LogP contribution in [0.4, 0.5) is 20.2 Å². The quantitative estimate of drug-likeness (QED) is 0.0709. The van der Waals surface area contributed by atoms with E-state index in [1.165, 1.54) is 18.3 Å². The predicted octanol–water partition coefficient (Wildman–Crippen LogP) is 4.50. The first-order valence-corrected chi connectivity index (χ1v) is 22.3. The minimum atomic E-state index is -1.37. The van der Waals surface area contributed by atoms with Crippen LogP contribution in [0.15, 0.2) is 50.2 Å². The molecule has 0 amide bonds. The lowest BCUT2D eigenvalue weighted by atomic mass is 10.1. The number of aromatic carboxylic acids is 1. The van der Waals surface area contributed by atoms with Gasteiger partial charge in [-0.1, -0.05) is 19.3 Å². The van der Waals surface area contributed by atoms with Crippen LogP contribution in [0.2, 0.25) is 0 Å². The van der Waals surface area contributed by atoms with Crippen LogP contribution in [0.25, 0.3) is 21.8 Å². The van der Waals surface area contributed by atoms with Crippen molar-refractivity contribution in [3.8, 4) is 11.5 Å². The maximum Gasteiger partial charge on any atom is 0.341 e. The maximum absolute atomic E-state index is 15.7. The van der Waals surface area contributed by atoms with Gasteiger partial charge in [0, 0.05) is 89.5 Å². The van der Waals surface area contributed by atoms with E-state index in [0.717, 1.165) is 38.2 Å². The molecule has 0 bridgehead atoms. The lowest BCUT2D eigenvalue weighted by Gasteiger charge is -2.39. The van der Waals surface area contributed by atoms with Crippen molar-refractivity contribution < 1.29 is 28.2 Å². The average Bonchev–Trinajstić information content (AvgIpc) is 3.28. The van der Waals surface area contributed by atoms with Crippen LogP contribution in [0.1, 0.15) is 81.2 Å². The Kier molecular flexibility index (Phi) is 13.0. The van der Waals surface area contributed by atoms with E-state index in [1.54, 1.807) is 10.8 Å². The Morgan fingerprint density at radius 3 is 1.98 bits per heavy atom. The van der Waals surface area contributed by atoms with Crippen LogP contribution in [0.5, 0.6) is 11.5 Å². The molecule has 2 fully saturated rings. The van der Waals surface area contributed by atoms with Gasteiger partial charge in [-0.15, -0.1) is 0 Å². The van der Waals surface area contributed by atoms with Crippen molar-refractivity contribution in [2.24, 2.45) is 21.5 Å². The molecule has 0 radical (unpaired) electrons. The van der Waals surface area contributed by atoms with Gasteiger partial charge in [0.05, 0.1) is 33.9 Å². The lowest BCUT2D eigenvalue weighted by molar-refractivity contribution is 0.0694. The average molecular weight is 899 g/mol. The molecule has 0 saturated carbocycles. The zero-order chi connectivity index (χ0) is 46.1. The molecular weight excluding hydrogens is 843 g/mol. The second-order valence-corrected chi connectivity index (χ2v) is 17.3. The number of hydrogen-bond donors (Lipinski definition) is 5. The van der Waals surface area contributed by atoms with E-state index in [-0.39, 0.29) is 59.3 Å². The summed E-state index contributed by atoms with van der Waals surface area (Å²) in [5, 5.41) is 27.0. The lowest BCUT2D eigenvalue weighted by Crippen LogP contribution is -2.52. The predicted molar refractivity (Wildman–Crippen MR) is 247 cm³/mol. The molecule has 2 saturated heterocycles. The highest BCUT2D eigenvalue weighted by atomic mass is 19.1. The number of nitrogens with two attached hydrogens (primary N) is 2. The number of anilines is 2. The number of ether oxygens (including phenoxy) is 2. The highest BCUT2D eigenvalue weighted by molar-refractivity contribution is 6.01. The molecule has 8 rings (SSSR count). The van der Waals surface area contributed by atoms with E-state index in [0.29, 0.717) is 111 Å². The third kappa shape index (κ3) is 9.02. The van der Waals surface area contributed by atoms with Crippen molar-refractivity contribution in [2.45, 2.75) is 70.9 Å². The molecule has 0 aliphatic carbocycles. The number of aliphatic imine (C=N–C) groups is 2. The summed E-state index contributed by atoms with van der Waals surface area (Å²) in [6.45, 7) is 8.45. The first kappa shape index (κ1) is 44.9. The number of unbranched alkanes of at least 4 members (excludes halogenated alkanes) is 4. The van der Waals surface area contributed by atoms with Gasteiger partial charge in [0.2, 0.25) is 11.4 Å².